The monoisotopic (exact) mass is 485 g/mol. The van der Waals surface area contributed by atoms with Crippen LogP contribution in [0.5, 0.6) is 0 Å². The minimum absolute atomic E-state index is 0.187. The molecule has 0 aliphatic carbocycles. The number of carboxylic acids is 1. The predicted molar refractivity (Wildman–Crippen MR) is 145 cm³/mol. The number of carbonyl (C=O) groups is 1. The summed E-state index contributed by atoms with van der Waals surface area (Å²) in [4.78, 5) is 14.0. The molecule has 0 saturated carbocycles. The molecule has 4 rings (SSSR count). The van der Waals surface area contributed by atoms with Gasteiger partial charge in [-0.3, -0.25) is 4.79 Å². The standard InChI is InChI=1S/C32H39NO3/c1-31(2,30(34)35)26-18-16-25(17-19-26)11-9-10-22-33-23-20-29(21-24-33)32(36,27-12-5-3-6-13-27)28-14-7-4-8-15-28/h3-8,12-19,29,36H,9-11,20-24H2,1-2H3,(H,34,35). The normalized spacial score (nSPS) is 15.6. The van der Waals surface area contributed by atoms with Crippen molar-refractivity contribution >= 4 is 5.97 Å². The molecule has 1 aliphatic heterocycles. The largest absolute Gasteiger partial charge is 0.481 e. The van der Waals surface area contributed by atoms with Gasteiger partial charge >= 0.3 is 5.97 Å². The zero-order valence-corrected chi connectivity index (χ0v) is 21.6. The molecule has 190 valence electrons. The van der Waals surface area contributed by atoms with Gasteiger partial charge in [-0.05, 0) is 93.8 Å². The molecule has 1 aliphatic rings. The number of carboxylic acid groups (broad SMARTS) is 1. The summed E-state index contributed by atoms with van der Waals surface area (Å²) in [7, 11) is 0. The maximum absolute atomic E-state index is 12.1. The quantitative estimate of drug-likeness (QED) is 0.345. The lowest BCUT2D eigenvalue weighted by atomic mass is 9.72. The highest BCUT2D eigenvalue weighted by Gasteiger charge is 2.41. The molecular formula is C32H39NO3. The van der Waals surface area contributed by atoms with E-state index >= 15 is 0 Å². The van der Waals surface area contributed by atoms with E-state index in [4.69, 9.17) is 0 Å². The van der Waals surface area contributed by atoms with Crippen LogP contribution in [-0.2, 0) is 22.2 Å². The van der Waals surface area contributed by atoms with Crippen molar-refractivity contribution in [1.29, 1.82) is 0 Å². The van der Waals surface area contributed by atoms with Crippen LogP contribution < -0.4 is 0 Å². The van der Waals surface area contributed by atoms with Crippen LogP contribution >= 0.6 is 0 Å². The van der Waals surface area contributed by atoms with Gasteiger partial charge in [0.1, 0.15) is 5.60 Å². The Bertz CT molecular complexity index is 1060. The molecule has 0 radical (unpaired) electrons. The molecule has 3 aromatic rings. The second-order valence-corrected chi connectivity index (χ2v) is 10.7. The molecule has 1 heterocycles. The van der Waals surface area contributed by atoms with Gasteiger partial charge in [-0.25, -0.2) is 0 Å². The van der Waals surface area contributed by atoms with Crippen LogP contribution in [0.25, 0.3) is 0 Å². The minimum atomic E-state index is -0.962. The van der Waals surface area contributed by atoms with E-state index in [0.29, 0.717) is 0 Å². The molecule has 0 aromatic heterocycles. The summed E-state index contributed by atoms with van der Waals surface area (Å²) in [5.74, 6) is -0.614. The molecule has 36 heavy (non-hydrogen) atoms. The second-order valence-electron chi connectivity index (χ2n) is 10.7. The maximum Gasteiger partial charge on any atom is 0.313 e. The first-order valence-electron chi connectivity index (χ1n) is 13.2. The van der Waals surface area contributed by atoms with Crippen LogP contribution in [0.15, 0.2) is 84.9 Å². The van der Waals surface area contributed by atoms with Crippen LogP contribution in [0.1, 0.15) is 61.8 Å². The third-order valence-electron chi connectivity index (χ3n) is 8.01. The summed E-state index contributed by atoms with van der Waals surface area (Å²) in [6, 6.07) is 28.3. The molecule has 1 saturated heterocycles. The van der Waals surface area contributed by atoms with Crippen molar-refractivity contribution in [1.82, 2.24) is 4.90 Å². The average molecular weight is 486 g/mol. The highest BCUT2D eigenvalue weighted by molar-refractivity contribution is 5.80. The van der Waals surface area contributed by atoms with Crippen molar-refractivity contribution in [2.24, 2.45) is 5.92 Å². The first-order chi connectivity index (χ1) is 17.3. The van der Waals surface area contributed by atoms with Crippen LogP contribution in [0, 0.1) is 5.92 Å². The Morgan fingerprint density at radius 2 is 1.33 bits per heavy atom. The van der Waals surface area contributed by atoms with Gasteiger partial charge in [0.05, 0.1) is 5.41 Å². The lowest BCUT2D eigenvalue weighted by Gasteiger charge is -2.42. The lowest BCUT2D eigenvalue weighted by molar-refractivity contribution is -0.142. The van der Waals surface area contributed by atoms with E-state index in [9.17, 15) is 15.0 Å². The van der Waals surface area contributed by atoms with Gasteiger partial charge < -0.3 is 15.1 Å². The van der Waals surface area contributed by atoms with Crippen molar-refractivity contribution in [2.45, 2.75) is 57.0 Å². The number of aliphatic hydroxyl groups is 1. The number of aryl methyl sites for hydroxylation is 1. The van der Waals surface area contributed by atoms with Crippen molar-refractivity contribution in [2.75, 3.05) is 19.6 Å². The number of nitrogens with zero attached hydrogens (tertiary/aromatic N) is 1. The Balaban J connectivity index is 1.28. The van der Waals surface area contributed by atoms with Gasteiger partial charge in [0.25, 0.3) is 0 Å². The fourth-order valence-electron chi connectivity index (χ4n) is 5.47. The summed E-state index contributed by atoms with van der Waals surface area (Å²) in [6.45, 7) is 6.57. The molecule has 4 heteroatoms. The molecule has 0 bridgehead atoms. The maximum atomic E-state index is 12.1. The van der Waals surface area contributed by atoms with E-state index in [1.807, 2.05) is 48.5 Å². The summed E-state index contributed by atoms with van der Waals surface area (Å²) in [5.41, 5.74) is 2.23. The van der Waals surface area contributed by atoms with Crippen LogP contribution in [0.3, 0.4) is 0 Å². The lowest BCUT2D eigenvalue weighted by Crippen LogP contribution is -2.44. The predicted octanol–water partition coefficient (Wildman–Crippen LogP) is 6.02. The zero-order chi connectivity index (χ0) is 25.6. The molecule has 0 atom stereocenters. The molecule has 0 spiro atoms. The molecule has 0 unspecified atom stereocenters. The summed E-state index contributed by atoms with van der Waals surface area (Å²) < 4.78 is 0. The number of unbranched alkanes of at least 4 members (excludes halogenated alkanes) is 1. The molecule has 2 N–H and O–H groups in total. The fraction of sp³-hybridized carbons (Fsp3) is 0.406. The van der Waals surface area contributed by atoms with E-state index < -0.39 is 17.0 Å². The smallest absolute Gasteiger partial charge is 0.313 e. The van der Waals surface area contributed by atoms with Crippen molar-refractivity contribution in [3.8, 4) is 0 Å². The van der Waals surface area contributed by atoms with Gasteiger partial charge in [0.2, 0.25) is 0 Å². The molecule has 4 nitrogen and oxygen atoms in total. The topological polar surface area (TPSA) is 60.8 Å². The number of hydrogen-bond acceptors (Lipinski definition) is 3. The number of benzene rings is 3. The Morgan fingerprint density at radius 3 is 1.83 bits per heavy atom. The first-order valence-corrected chi connectivity index (χ1v) is 13.2. The average Bonchev–Trinajstić information content (AvgIpc) is 2.92. The second kappa shape index (κ2) is 11.4. The fourth-order valence-corrected chi connectivity index (χ4v) is 5.47. The van der Waals surface area contributed by atoms with E-state index in [2.05, 4.69) is 41.3 Å². The SMILES string of the molecule is CC(C)(C(=O)O)c1ccc(CCCCN2CCC(C(O)(c3ccccc3)c3ccccc3)CC2)cc1. The van der Waals surface area contributed by atoms with Gasteiger partial charge in [0.15, 0.2) is 0 Å². The Kier molecular flexibility index (Phi) is 8.28. The number of likely N-dealkylation sites (tertiary alicyclic amines) is 1. The Labute approximate surface area is 215 Å². The van der Waals surface area contributed by atoms with Crippen LogP contribution in [0.4, 0.5) is 0 Å². The molecule has 0 amide bonds. The van der Waals surface area contributed by atoms with Gasteiger partial charge in [0, 0.05) is 0 Å². The highest BCUT2D eigenvalue weighted by atomic mass is 16.4. The van der Waals surface area contributed by atoms with Crippen molar-refractivity contribution in [3.63, 3.8) is 0 Å². The van der Waals surface area contributed by atoms with Gasteiger partial charge in [-0.15, -0.1) is 0 Å². The van der Waals surface area contributed by atoms with E-state index in [1.54, 1.807) is 13.8 Å². The minimum Gasteiger partial charge on any atom is -0.481 e. The third kappa shape index (κ3) is 5.71. The van der Waals surface area contributed by atoms with E-state index in [0.717, 1.165) is 68.4 Å². The number of hydrogen-bond donors (Lipinski definition) is 2. The van der Waals surface area contributed by atoms with E-state index in [1.165, 1.54) is 5.56 Å². The molecular weight excluding hydrogens is 446 g/mol. The zero-order valence-electron chi connectivity index (χ0n) is 21.6. The Hall–Kier alpha value is -2.95. The summed E-state index contributed by atoms with van der Waals surface area (Å²) in [6.07, 6.45) is 5.20. The Morgan fingerprint density at radius 1 is 0.806 bits per heavy atom. The summed E-state index contributed by atoms with van der Waals surface area (Å²) >= 11 is 0. The summed E-state index contributed by atoms with van der Waals surface area (Å²) in [5, 5.41) is 21.5. The van der Waals surface area contributed by atoms with Crippen molar-refractivity contribution in [3.05, 3.63) is 107 Å². The molecule has 1 fully saturated rings. The number of rotatable bonds is 10. The third-order valence-corrected chi connectivity index (χ3v) is 8.01. The first kappa shape index (κ1) is 26.1. The highest BCUT2D eigenvalue weighted by Crippen LogP contribution is 2.41. The number of aliphatic carboxylic acids is 1. The van der Waals surface area contributed by atoms with E-state index in [-0.39, 0.29) is 5.92 Å². The van der Waals surface area contributed by atoms with Crippen molar-refractivity contribution < 1.29 is 15.0 Å². The molecule has 3 aromatic carbocycles. The van der Waals surface area contributed by atoms with Gasteiger partial charge in [-0.2, -0.15) is 0 Å². The van der Waals surface area contributed by atoms with Gasteiger partial charge in [-0.1, -0.05) is 84.9 Å². The van der Waals surface area contributed by atoms with Crippen LogP contribution in [-0.4, -0.2) is 40.7 Å². The number of piperidine rings is 1. The van der Waals surface area contributed by atoms with Crippen LogP contribution in [0.2, 0.25) is 0 Å².